The van der Waals surface area contributed by atoms with Crippen LogP contribution >= 0.6 is 0 Å². The lowest BCUT2D eigenvalue weighted by Gasteiger charge is -2.25. The highest BCUT2D eigenvalue weighted by molar-refractivity contribution is 6.89. The van der Waals surface area contributed by atoms with Gasteiger partial charge in [-0.3, -0.25) is 9.78 Å². The predicted octanol–water partition coefficient (Wildman–Crippen LogP) is 2.11. The molecule has 1 unspecified atom stereocenters. The van der Waals surface area contributed by atoms with Crippen molar-refractivity contribution in [2.45, 2.75) is 32.2 Å². The third-order valence-electron chi connectivity index (χ3n) is 2.65. The number of hydrogen-bond acceptors (Lipinski definition) is 3. The van der Waals surface area contributed by atoms with Gasteiger partial charge in [0, 0.05) is 18.4 Å². The summed E-state index contributed by atoms with van der Waals surface area (Å²) in [7, 11) is -1.69. The van der Waals surface area contributed by atoms with Crippen LogP contribution in [-0.4, -0.2) is 25.1 Å². The van der Waals surface area contributed by atoms with Crippen LogP contribution in [0.4, 0.5) is 0 Å². The summed E-state index contributed by atoms with van der Waals surface area (Å²) >= 11 is 0. The van der Waals surface area contributed by atoms with Crippen LogP contribution in [0.5, 0.6) is 0 Å². The average Bonchev–Trinajstić information content (AvgIpc) is 2.28. The van der Waals surface area contributed by atoms with Crippen LogP contribution in [-0.2, 0) is 9.53 Å². The molecule has 0 saturated carbocycles. The van der Waals surface area contributed by atoms with Gasteiger partial charge in [-0.2, -0.15) is 0 Å². The van der Waals surface area contributed by atoms with Gasteiger partial charge in [-0.15, -0.1) is 0 Å². The van der Waals surface area contributed by atoms with E-state index in [1.54, 1.807) is 12.3 Å². The van der Waals surface area contributed by atoms with Gasteiger partial charge in [0.2, 0.25) is 0 Å². The molecule has 0 fully saturated rings. The van der Waals surface area contributed by atoms with E-state index in [9.17, 15) is 4.79 Å². The van der Waals surface area contributed by atoms with Crippen LogP contribution in [0, 0.1) is 0 Å². The smallest absolute Gasteiger partial charge is 0.303 e. The van der Waals surface area contributed by atoms with E-state index in [1.807, 2.05) is 18.2 Å². The molecule has 0 aromatic carbocycles. The first-order valence-electron chi connectivity index (χ1n) is 5.67. The molecule has 3 nitrogen and oxygen atoms in total. The minimum Gasteiger partial charge on any atom is -0.459 e. The van der Waals surface area contributed by atoms with E-state index < -0.39 is 8.07 Å². The largest absolute Gasteiger partial charge is 0.459 e. The van der Waals surface area contributed by atoms with Crippen LogP contribution in [0.2, 0.25) is 19.1 Å². The molecule has 1 aromatic rings. The van der Waals surface area contributed by atoms with Crippen molar-refractivity contribution in [1.82, 2.24) is 4.98 Å². The second-order valence-corrected chi connectivity index (χ2v) is 9.37. The number of esters is 1. The van der Waals surface area contributed by atoms with Crippen molar-refractivity contribution >= 4 is 19.4 Å². The summed E-state index contributed by atoms with van der Waals surface area (Å²) in [6.45, 7) is 9.57. The number of carbonyl (C=O) groups excluding carboxylic acids is 1. The Morgan fingerprint density at radius 3 is 2.76 bits per heavy atom. The summed E-state index contributed by atoms with van der Waals surface area (Å²) in [6, 6.07) is 6.75. The maximum atomic E-state index is 11.0. The summed E-state index contributed by atoms with van der Waals surface area (Å²) in [6.07, 6.45) is 3.29. The molecule has 0 aliphatic carbocycles. The lowest BCUT2D eigenvalue weighted by Crippen LogP contribution is -2.46. The monoisotopic (exact) mass is 249 g/mol. The van der Waals surface area contributed by atoms with Gasteiger partial charge in [0.05, 0.1) is 0 Å². The highest BCUT2D eigenvalue weighted by atomic mass is 28.3. The average molecular weight is 249 g/mol. The van der Waals surface area contributed by atoms with Gasteiger partial charge >= 0.3 is 5.97 Å². The maximum absolute atomic E-state index is 11.0. The molecule has 1 atom stereocenters. The van der Waals surface area contributed by atoms with Crippen LogP contribution in [0.15, 0.2) is 37.1 Å². The van der Waals surface area contributed by atoms with E-state index in [0.717, 1.165) is 11.4 Å². The van der Waals surface area contributed by atoms with Gasteiger partial charge in [-0.1, -0.05) is 31.8 Å². The van der Waals surface area contributed by atoms with Crippen molar-refractivity contribution < 1.29 is 9.53 Å². The van der Waals surface area contributed by atoms with Gasteiger partial charge in [0.1, 0.15) is 14.2 Å². The highest BCUT2D eigenvalue weighted by Gasteiger charge is 2.29. The molecule has 0 radical (unpaired) electrons. The normalized spacial score (nSPS) is 12.9. The fraction of sp³-hybridized carbons (Fsp3) is 0.385. The second-order valence-electron chi connectivity index (χ2n) is 4.69. The van der Waals surface area contributed by atoms with Crippen LogP contribution in [0.25, 0.3) is 0 Å². The molecule has 0 saturated heterocycles. The van der Waals surface area contributed by atoms with Crippen LogP contribution in [0.3, 0.4) is 0 Å². The zero-order valence-corrected chi connectivity index (χ0v) is 11.6. The standard InChI is InChI=1S/C13H19NO2Si/c1-5-12(16-11(2)15)10-17(3,4)13-8-6-7-9-14-13/h5-9,12H,1,10H2,2-4H3. The van der Waals surface area contributed by atoms with Crippen molar-refractivity contribution in [3.63, 3.8) is 0 Å². The summed E-state index contributed by atoms with van der Waals surface area (Å²) < 4.78 is 5.21. The van der Waals surface area contributed by atoms with E-state index >= 15 is 0 Å². The maximum Gasteiger partial charge on any atom is 0.303 e. The number of ether oxygens (including phenoxy) is 1. The highest BCUT2D eigenvalue weighted by Crippen LogP contribution is 2.15. The Bertz CT molecular complexity index is 390. The number of carbonyl (C=O) groups is 1. The molecular formula is C13H19NO2Si. The van der Waals surface area contributed by atoms with Gasteiger partial charge in [-0.05, 0) is 18.2 Å². The molecule has 1 rings (SSSR count). The number of nitrogens with zero attached hydrogens (tertiary/aromatic N) is 1. The van der Waals surface area contributed by atoms with Crippen LogP contribution in [0.1, 0.15) is 6.92 Å². The SMILES string of the molecule is C=CC(C[Si](C)(C)c1ccccn1)OC(C)=O. The predicted molar refractivity (Wildman–Crippen MR) is 71.9 cm³/mol. The molecule has 1 heterocycles. The van der Waals surface area contributed by atoms with Crippen LogP contribution < -0.4 is 5.32 Å². The molecule has 0 spiro atoms. The Morgan fingerprint density at radius 2 is 2.29 bits per heavy atom. The van der Waals surface area contributed by atoms with Crippen molar-refractivity contribution in [1.29, 1.82) is 0 Å². The fourth-order valence-corrected chi connectivity index (χ4v) is 4.19. The van der Waals surface area contributed by atoms with Gasteiger partial charge in [0.25, 0.3) is 0 Å². The third-order valence-corrected chi connectivity index (χ3v) is 5.76. The molecule has 0 aliphatic rings. The number of aromatic nitrogens is 1. The molecule has 0 amide bonds. The van der Waals surface area contributed by atoms with Crippen molar-refractivity contribution in [2.75, 3.05) is 0 Å². The Balaban J connectivity index is 2.77. The topological polar surface area (TPSA) is 39.2 Å². The zero-order chi connectivity index (χ0) is 12.9. The first-order valence-corrected chi connectivity index (χ1v) is 8.87. The Hall–Kier alpha value is -1.42. The summed E-state index contributed by atoms with van der Waals surface area (Å²) in [5, 5.41) is 1.12. The summed E-state index contributed by atoms with van der Waals surface area (Å²) in [4.78, 5) is 15.4. The first-order chi connectivity index (χ1) is 7.95. The molecule has 92 valence electrons. The second kappa shape index (κ2) is 5.77. The van der Waals surface area contributed by atoms with Crippen molar-refractivity contribution in [3.8, 4) is 0 Å². The zero-order valence-electron chi connectivity index (χ0n) is 10.6. The molecule has 0 N–H and O–H groups in total. The van der Waals surface area contributed by atoms with E-state index in [0.29, 0.717) is 0 Å². The van der Waals surface area contributed by atoms with E-state index in [1.165, 1.54) is 6.92 Å². The number of hydrogen-bond donors (Lipinski definition) is 0. The first kappa shape index (κ1) is 13.6. The quantitative estimate of drug-likeness (QED) is 0.456. The molecular weight excluding hydrogens is 230 g/mol. The number of rotatable bonds is 5. The van der Waals surface area contributed by atoms with E-state index in [4.69, 9.17) is 4.74 Å². The summed E-state index contributed by atoms with van der Waals surface area (Å²) in [5.41, 5.74) is 0. The Labute approximate surface area is 104 Å². The number of pyridine rings is 1. The van der Waals surface area contributed by atoms with Crippen molar-refractivity contribution in [2.24, 2.45) is 0 Å². The van der Waals surface area contributed by atoms with E-state index in [-0.39, 0.29) is 12.1 Å². The Morgan fingerprint density at radius 1 is 1.59 bits per heavy atom. The van der Waals surface area contributed by atoms with Gasteiger partial charge in [-0.25, -0.2) is 0 Å². The summed E-state index contributed by atoms with van der Waals surface area (Å²) in [5.74, 6) is -0.263. The lowest BCUT2D eigenvalue weighted by atomic mass is 10.4. The third kappa shape index (κ3) is 4.15. The molecule has 0 aliphatic heterocycles. The fourth-order valence-electron chi connectivity index (χ4n) is 1.76. The molecule has 17 heavy (non-hydrogen) atoms. The minimum atomic E-state index is -1.69. The van der Waals surface area contributed by atoms with Gasteiger partial charge < -0.3 is 4.74 Å². The van der Waals surface area contributed by atoms with E-state index in [2.05, 4.69) is 24.7 Å². The van der Waals surface area contributed by atoms with Gasteiger partial charge in [0.15, 0.2) is 0 Å². The Kier molecular flexibility index (Phi) is 4.63. The lowest BCUT2D eigenvalue weighted by molar-refractivity contribution is -0.143. The van der Waals surface area contributed by atoms with Crippen molar-refractivity contribution in [3.05, 3.63) is 37.1 Å². The molecule has 1 aromatic heterocycles. The molecule has 4 heteroatoms. The minimum absolute atomic E-state index is 0.212. The molecule has 0 bridgehead atoms.